The maximum absolute atomic E-state index is 13.6. The molecule has 0 amide bonds. The van der Waals surface area contributed by atoms with Gasteiger partial charge in [-0.2, -0.15) is 0 Å². The molecule has 1 unspecified atom stereocenters. The lowest BCUT2D eigenvalue weighted by Crippen LogP contribution is -2.14. The van der Waals surface area contributed by atoms with Crippen molar-refractivity contribution in [1.82, 2.24) is 0 Å². The zero-order chi connectivity index (χ0) is 13.1. The van der Waals surface area contributed by atoms with Crippen molar-refractivity contribution >= 4 is 0 Å². The summed E-state index contributed by atoms with van der Waals surface area (Å²) in [6, 6.07) is 10.2. The van der Waals surface area contributed by atoms with E-state index in [9.17, 15) is 8.78 Å². The lowest BCUT2D eigenvalue weighted by Gasteiger charge is -2.14. The Kier molecular flexibility index (Phi) is 3.58. The number of rotatable bonds is 3. The third-order valence-corrected chi connectivity index (χ3v) is 2.79. The predicted molar refractivity (Wildman–Crippen MR) is 65.4 cm³/mol. The van der Waals surface area contributed by atoms with Crippen LogP contribution in [0.2, 0.25) is 0 Å². The van der Waals surface area contributed by atoms with Crippen LogP contribution in [0.4, 0.5) is 8.78 Å². The highest BCUT2D eigenvalue weighted by atomic mass is 19.2. The predicted octanol–water partition coefficient (Wildman–Crippen LogP) is 3.02. The molecule has 4 heteroatoms. The molecule has 0 aliphatic heterocycles. The van der Waals surface area contributed by atoms with Crippen LogP contribution in [0.5, 0.6) is 5.75 Å². The molecule has 0 spiro atoms. The minimum absolute atomic E-state index is 0.139. The van der Waals surface area contributed by atoms with Crippen molar-refractivity contribution in [3.8, 4) is 5.75 Å². The Bertz CT molecular complexity index is 540. The molecule has 0 aliphatic rings. The summed E-state index contributed by atoms with van der Waals surface area (Å²) in [5.74, 6) is -1.11. The third-order valence-electron chi connectivity index (χ3n) is 2.79. The van der Waals surface area contributed by atoms with Crippen LogP contribution in [0, 0.1) is 11.6 Å². The summed E-state index contributed by atoms with van der Waals surface area (Å²) < 4.78 is 31.7. The Labute approximate surface area is 104 Å². The van der Waals surface area contributed by atoms with E-state index in [0.717, 1.165) is 6.07 Å². The van der Waals surface area contributed by atoms with Crippen molar-refractivity contribution in [1.29, 1.82) is 0 Å². The van der Waals surface area contributed by atoms with Gasteiger partial charge in [0.05, 0.1) is 13.2 Å². The molecule has 2 nitrogen and oxygen atoms in total. The van der Waals surface area contributed by atoms with Crippen LogP contribution in [-0.4, -0.2) is 7.11 Å². The Morgan fingerprint density at radius 2 is 1.72 bits per heavy atom. The summed E-state index contributed by atoms with van der Waals surface area (Å²) in [6.07, 6.45) is 0. The number of ether oxygens (including phenoxy) is 1. The van der Waals surface area contributed by atoms with Crippen LogP contribution >= 0.6 is 0 Å². The van der Waals surface area contributed by atoms with Gasteiger partial charge in [-0.1, -0.05) is 24.3 Å². The van der Waals surface area contributed by atoms with Gasteiger partial charge in [-0.05, 0) is 23.8 Å². The average molecular weight is 249 g/mol. The molecule has 0 aromatic heterocycles. The van der Waals surface area contributed by atoms with E-state index in [1.54, 1.807) is 31.4 Å². The fourth-order valence-corrected chi connectivity index (χ4v) is 1.75. The molecule has 94 valence electrons. The molecule has 2 N–H and O–H groups in total. The van der Waals surface area contributed by atoms with Crippen molar-refractivity contribution < 1.29 is 13.5 Å². The van der Waals surface area contributed by atoms with Crippen molar-refractivity contribution in [2.45, 2.75) is 6.04 Å². The van der Waals surface area contributed by atoms with Crippen molar-refractivity contribution in [2.75, 3.05) is 7.11 Å². The molecular weight excluding hydrogens is 236 g/mol. The molecule has 0 saturated heterocycles. The Balaban J connectivity index is 2.35. The van der Waals surface area contributed by atoms with Gasteiger partial charge >= 0.3 is 0 Å². The van der Waals surface area contributed by atoms with Gasteiger partial charge in [0, 0.05) is 5.56 Å². The van der Waals surface area contributed by atoms with Crippen molar-refractivity contribution in [2.24, 2.45) is 5.73 Å². The first-order valence-corrected chi connectivity index (χ1v) is 5.47. The van der Waals surface area contributed by atoms with Crippen molar-refractivity contribution in [3.63, 3.8) is 0 Å². The molecule has 0 saturated carbocycles. The minimum Gasteiger partial charge on any atom is -0.497 e. The highest BCUT2D eigenvalue weighted by Gasteiger charge is 2.16. The number of halogens is 2. The fourth-order valence-electron chi connectivity index (χ4n) is 1.75. The second-order valence-corrected chi connectivity index (χ2v) is 3.89. The third kappa shape index (κ3) is 2.33. The number of nitrogens with two attached hydrogens (primary N) is 1. The van der Waals surface area contributed by atoms with Crippen LogP contribution in [0.3, 0.4) is 0 Å². The molecule has 1 atom stereocenters. The monoisotopic (exact) mass is 249 g/mol. The van der Waals surface area contributed by atoms with Crippen LogP contribution in [0.15, 0.2) is 42.5 Å². The van der Waals surface area contributed by atoms with E-state index in [1.165, 1.54) is 12.1 Å². The maximum Gasteiger partial charge on any atom is 0.163 e. The van der Waals surface area contributed by atoms with Crippen LogP contribution in [0.1, 0.15) is 17.2 Å². The fraction of sp³-hybridized carbons (Fsp3) is 0.143. The topological polar surface area (TPSA) is 35.2 Å². The Morgan fingerprint density at radius 1 is 1.06 bits per heavy atom. The summed E-state index contributed by atoms with van der Waals surface area (Å²) in [7, 11) is 1.56. The van der Waals surface area contributed by atoms with Gasteiger partial charge < -0.3 is 10.5 Å². The van der Waals surface area contributed by atoms with E-state index in [2.05, 4.69) is 0 Å². The summed E-state index contributed by atoms with van der Waals surface area (Å²) in [4.78, 5) is 0. The lowest BCUT2D eigenvalue weighted by atomic mass is 9.99. The SMILES string of the molecule is COc1ccc(C(N)c2cccc(F)c2F)cc1. The van der Waals surface area contributed by atoms with Crippen LogP contribution < -0.4 is 10.5 Å². The van der Waals surface area contributed by atoms with E-state index >= 15 is 0 Å². The molecular formula is C14H13F2NO. The van der Waals surface area contributed by atoms with Crippen molar-refractivity contribution in [3.05, 3.63) is 65.2 Å². The first-order valence-electron chi connectivity index (χ1n) is 5.47. The molecule has 0 radical (unpaired) electrons. The molecule has 0 fully saturated rings. The Hall–Kier alpha value is -1.94. The highest BCUT2D eigenvalue weighted by Crippen LogP contribution is 2.25. The van der Waals surface area contributed by atoms with Gasteiger partial charge in [0.15, 0.2) is 11.6 Å². The lowest BCUT2D eigenvalue weighted by molar-refractivity contribution is 0.414. The zero-order valence-electron chi connectivity index (χ0n) is 9.86. The van der Waals surface area contributed by atoms with Gasteiger partial charge in [-0.3, -0.25) is 0 Å². The minimum atomic E-state index is -0.902. The largest absolute Gasteiger partial charge is 0.497 e. The van der Waals surface area contributed by atoms with Gasteiger partial charge in [0.1, 0.15) is 5.75 Å². The number of benzene rings is 2. The first kappa shape index (κ1) is 12.5. The molecule has 2 aromatic carbocycles. The second kappa shape index (κ2) is 5.14. The smallest absolute Gasteiger partial charge is 0.163 e. The normalized spacial score (nSPS) is 12.2. The summed E-state index contributed by atoms with van der Waals surface area (Å²) in [6.45, 7) is 0. The van der Waals surface area contributed by atoms with Gasteiger partial charge in [-0.25, -0.2) is 8.78 Å². The molecule has 0 heterocycles. The van der Waals surface area contributed by atoms with E-state index in [4.69, 9.17) is 10.5 Å². The van der Waals surface area contributed by atoms with E-state index in [1.807, 2.05) is 0 Å². The van der Waals surface area contributed by atoms with E-state index in [0.29, 0.717) is 11.3 Å². The molecule has 2 rings (SSSR count). The molecule has 2 aromatic rings. The maximum atomic E-state index is 13.6. The summed E-state index contributed by atoms with van der Waals surface area (Å²) in [5, 5.41) is 0. The van der Waals surface area contributed by atoms with E-state index in [-0.39, 0.29) is 5.56 Å². The first-order chi connectivity index (χ1) is 8.63. The zero-order valence-corrected chi connectivity index (χ0v) is 9.86. The summed E-state index contributed by atoms with van der Waals surface area (Å²) in [5.41, 5.74) is 6.76. The number of hydrogen-bond acceptors (Lipinski definition) is 2. The van der Waals surface area contributed by atoms with Gasteiger partial charge in [-0.15, -0.1) is 0 Å². The van der Waals surface area contributed by atoms with E-state index < -0.39 is 17.7 Å². The number of methoxy groups -OCH3 is 1. The molecule has 0 bridgehead atoms. The second-order valence-electron chi connectivity index (χ2n) is 3.89. The van der Waals surface area contributed by atoms with Crippen LogP contribution in [-0.2, 0) is 0 Å². The summed E-state index contributed by atoms with van der Waals surface area (Å²) >= 11 is 0. The van der Waals surface area contributed by atoms with Gasteiger partial charge in [0.2, 0.25) is 0 Å². The average Bonchev–Trinajstić information content (AvgIpc) is 2.41. The quantitative estimate of drug-likeness (QED) is 0.907. The number of hydrogen-bond donors (Lipinski definition) is 1. The Morgan fingerprint density at radius 3 is 2.33 bits per heavy atom. The molecule has 0 aliphatic carbocycles. The highest BCUT2D eigenvalue weighted by molar-refractivity contribution is 5.35. The van der Waals surface area contributed by atoms with Crippen LogP contribution in [0.25, 0.3) is 0 Å². The van der Waals surface area contributed by atoms with Gasteiger partial charge in [0.25, 0.3) is 0 Å². The standard InChI is InChI=1S/C14H13F2NO/c1-18-10-7-5-9(6-8-10)14(17)11-3-2-4-12(15)13(11)16/h2-8,14H,17H2,1H3. The molecule has 18 heavy (non-hydrogen) atoms.